The lowest BCUT2D eigenvalue weighted by Crippen LogP contribution is -2.37. The van der Waals surface area contributed by atoms with Gasteiger partial charge in [-0.3, -0.25) is 13.8 Å². The number of rotatable bonds is 39. The molecule has 0 aromatic rings. The van der Waals surface area contributed by atoms with Crippen LogP contribution < -0.4 is 0 Å². The Labute approximate surface area is 338 Å². The van der Waals surface area contributed by atoms with Crippen molar-refractivity contribution in [3.63, 3.8) is 0 Å². The molecule has 0 spiro atoms. The number of phosphoric ester groups is 1. The van der Waals surface area contributed by atoms with E-state index < -0.39 is 19.9 Å². The summed E-state index contributed by atoms with van der Waals surface area (Å²) in [7, 11) is 1.61. The van der Waals surface area contributed by atoms with E-state index in [2.05, 4.69) is 74.6 Å². The molecular formula is C46H83NO7P+. The molecule has 0 aliphatic heterocycles. The summed E-state index contributed by atoms with van der Waals surface area (Å²) in [5.41, 5.74) is 0. The molecule has 0 bridgehead atoms. The Hall–Kier alpha value is -2.06. The van der Waals surface area contributed by atoms with E-state index in [1.165, 1.54) is 77.0 Å². The Bertz CT molecular complexity index is 1110. The fourth-order valence-corrected chi connectivity index (χ4v) is 6.20. The molecule has 0 amide bonds. The molecule has 0 aliphatic rings. The minimum absolute atomic E-state index is 0.0727. The second-order valence-corrected chi connectivity index (χ2v) is 16.8. The van der Waals surface area contributed by atoms with Crippen molar-refractivity contribution >= 4 is 13.8 Å². The molecule has 2 atom stereocenters. The summed E-state index contributed by atoms with van der Waals surface area (Å²) in [6, 6.07) is 0. The van der Waals surface area contributed by atoms with Gasteiger partial charge < -0.3 is 18.9 Å². The van der Waals surface area contributed by atoms with Crippen molar-refractivity contribution in [1.29, 1.82) is 0 Å². The first-order valence-electron chi connectivity index (χ1n) is 21.7. The van der Waals surface area contributed by atoms with Gasteiger partial charge in [-0.05, 0) is 51.4 Å². The zero-order valence-electron chi connectivity index (χ0n) is 35.9. The van der Waals surface area contributed by atoms with Gasteiger partial charge in [-0.1, -0.05) is 170 Å². The van der Waals surface area contributed by atoms with Gasteiger partial charge in [0.15, 0.2) is 0 Å². The van der Waals surface area contributed by atoms with Crippen molar-refractivity contribution < 1.29 is 37.3 Å². The van der Waals surface area contributed by atoms with Crippen molar-refractivity contribution in [3.8, 4) is 0 Å². The third-order valence-electron chi connectivity index (χ3n) is 8.80. The first-order valence-corrected chi connectivity index (χ1v) is 23.2. The largest absolute Gasteiger partial charge is 0.472 e. The van der Waals surface area contributed by atoms with E-state index in [0.29, 0.717) is 24.1 Å². The quantitative estimate of drug-likeness (QED) is 0.0218. The maximum Gasteiger partial charge on any atom is 0.472 e. The van der Waals surface area contributed by atoms with E-state index in [9.17, 15) is 14.3 Å². The van der Waals surface area contributed by atoms with Gasteiger partial charge in [0, 0.05) is 13.0 Å². The number of hydrogen-bond donors (Lipinski definition) is 1. The SMILES string of the molecule is CC/C=C/C/C=C/C/C=C/C/C=C/C/C=C/C/C=C/CCC(=O)OC(COCCCCCCCCCCCCCCCC)COP(=O)(O)OCC[N+](C)(C)C. The topological polar surface area (TPSA) is 91.3 Å². The van der Waals surface area contributed by atoms with E-state index in [4.69, 9.17) is 18.5 Å². The maximum atomic E-state index is 12.7. The van der Waals surface area contributed by atoms with E-state index in [-0.39, 0.29) is 26.2 Å². The number of esters is 1. The Morgan fingerprint density at radius 1 is 0.582 bits per heavy atom. The number of hydrogen-bond acceptors (Lipinski definition) is 6. The monoisotopic (exact) mass is 793 g/mol. The average Bonchev–Trinajstić information content (AvgIpc) is 3.13. The van der Waals surface area contributed by atoms with Crippen LogP contribution in [-0.4, -0.2) is 75.6 Å². The van der Waals surface area contributed by atoms with Gasteiger partial charge >= 0.3 is 13.8 Å². The molecule has 0 aromatic heterocycles. The molecule has 9 heteroatoms. The molecule has 0 aliphatic carbocycles. The number of likely N-dealkylation sites (N-methyl/N-ethyl adjacent to an activating group) is 1. The van der Waals surface area contributed by atoms with Crippen LogP contribution in [-0.2, 0) is 27.9 Å². The van der Waals surface area contributed by atoms with Crippen molar-refractivity contribution in [2.45, 2.75) is 161 Å². The van der Waals surface area contributed by atoms with Gasteiger partial charge in [0.25, 0.3) is 0 Å². The number of quaternary nitrogens is 1. The van der Waals surface area contributed by atoms with Gasteiger partial charge in [-0.2, -0.15) is 0 Å². The molecule has 8 nitrogen and oxygen atoms in total. The second-order valence-electron chi connectivity index (χ2n) is 15.3. The third kappa shape index (κ3) is 42.9. The Kier molecular flexibility index (Phi) is 37.3. The van der Waals surface area contributed by atoms with Crippen LogP contribution in [0.15, 0.2) is 72.9 Å². The van der Waals surface area contributed by atoms with E-state index in [1.54, 1.807) is 0 Å². The van der Waals surface area contributed by atoms with E-state index in [0.717, 1.165) is 51.4 Å². The first kappa shape index (κ1) is 52.9. The molecular weight excluding hydrogens is 709 g/mol. The molecule has 0 saturated carbocycles. The predicted octanol–water partition coefficient (Wildman–Crippen LogP) is 12.7. The van der Waals surface area contributed by atoms with Gasteiger partial charge in [0.2, 0.25) is 0 Å². The van der Waals surface area contributed by atoms with Gasteiger partial charge in [0.1, 0.15) is 19.3 Å². The number of phosphoric acid groups is 1. The summed E-state index contributed by atoms with van der Waals surface area (Å²) in [5, 5.41) is 0. The van der Waals surface area contributed by atoms with Crippen molar-refractivity contribution in [3.05, 3.63) is 72.9 Å². The zero-order valence-corrected chi connectivity index (χ0v) is 36.8. The molecule has 2 unspecified atom stereocenters. The van der Waals surface area contributed by atoms with Crippen LogP contribution >= 0.6 is 7.82 Å². The van der Waals surface area contributed by atoms with Crippen LogP contribution in [0.4, 0.5) is 0 Å². The highest BCUT2D eigenvalue weighted by atomic mass is 31.2. The maximum absolute atomic E-state index is 12.7. The Balaban J connectivity index is 4.39. The smallest absolute Gasteiger partial charge is 0.457 e. The summed E-state index contributed by atoms with van der Waals surface area (Å²) in [5.74, 6) is -0.396. The summed E-state index contributed by atoms with van der Waals surface area (Å²) < 4.78 is 34.9. The van der Waals surface area contributed by atoms with Crippen LogP contribution in [0.5, 0.6) is 0 Å². The standard InChI is InChI=1S/C46H82NO7P/c1-6-8-10-12-14-16-18-20-22-23-24-25-26-27-29-31-33-35-37-39-46(48)54-45(44-53-55(49,50)52-42-40-47(3,4)5)43-51-41-38-36-34-32-30-28-21-19-17-15-13-11-9-7-2/h8,10,14,16,20,22,24-25,27,29,33,35,45H,6-7,9,11-13,15,17-19,21,23,26,28,30-32,34,36-44H2,1-5H3/p+1/b10-8+,16-14+,22-20+,25-24+,29-27+,35-33+. The number of allylic oxidation sites excluding steroid dienone is 12. The molecule has 1 N–H and O–H groups in total. The molecule has 0 fully saturated rings. The molecule has 0 rings (SSSR count). The summed E-state index contributed by atoms with van der Waals surface area (Å²) in [6.45, 7) is 5.40. The molecule has 0 heterocycles. The zero-order chi connectivity index (χ0) is 40.6. The van der Waals surface area contributed by atoms with Gasteiger partial charge in [0.05, 0.1) is 34.4 Å². The lowest BCUT2D eigenvalue weighted by molar-refractivity contribution is -0.870. The first-order chi connectivity index (χ1) is 26.6. The lowest BCUT2D eigenvalue weighted by atomic mass is 10.0. The fourth-order valence-electron chi connectivity index (χ4n) is 5.46. The second kappa shape index (κ2) is 38.8. The predicted molar refractivity (Wildman–Crippen MR) is 233 cm³/mol. The third-order valence-corrected chi connectivity index (χ3v) is 9.78. The molecule has 55 heavy (non-hydrogen) atoms. The van der Waals surface area contributed by atoms with Crippen molar-refractivity contribution in [1.82, 2.24) is 0 Å². The van der Waals surface area contributed by atoms with Gasteiger partial charge in [-0.25, -0.2) is 4.57 Å². The van der Waals surface area contributed by atoms with Crippen LogP contribution in [0.2, 0.25) is 0 Å². The minimum Gasteiger partial charge on any atom is -0.457 e. The average molecular weight is 793 g/mol. The Morgan fingerprint density at radius 3 is 1.47 bits per heavy atom. The minimum atomic E-state index is -4.30. The van der Waals surface area contributed by atoms with Crippen molar-refractivity contribution in [2.24, 2.45) is 0 Å². The number of nitrogens with zero attached hydrogens (tertiary/aromatic N) is 1. The van der Waals surface area contributed by atoms with Crippen LogP contribution in [0, 0.1) is 0 Å². The number of unbranched alkanes of at least 4 members (excludes halogenated alkanes) is 13. The summed E-state index contributed by atoms with van der Waals surface area (Å²) in [4.78, 5) is 22.8. The molecule has 0 aromatic carbocycles. The normalized spacial score (nSPS) is 14.5. The summed E-state index contributed by atoms with van der Waals surface area (Å²) >= 11 is 0. The van der Waals surface area contributed by atoms with E-state index in [1.807, 2.05) is 33.3 Å². The lowest BCUT2D eigenvalue weighted by Gasteiger charge is -2.24. The highest BCUT2D eigenvalue weighted by molar-refractivity contribution is 7.47. The number of carbonyl (C=O) groups excluding carboxylic acids is 1. The summed E-state index contributed by atoms with van der Waals surface area (Å²) in [6.07, 6.45) is 49.5. The number of carbonyl (C=O) groups is 1. The highest BCUT2D eigenvalue weighted by Crippen LogP contribution is 2.43. The van der Waals surface area contributed by atoms with Crippen LogP contribution in [0.25, 0.3) is 0 Å². The van der Waals surface area contributed by atoms with E-state index >= 15 is 0 Å². The fraction of sp³-hybridized carbons (Fsp3) is 0.717. The van der Waals surface area contributed by atoms with Crippen molar-refractivity contribution in [2.75, 3.05) is 54.1 Å². The van der Waals surface area contributed by atoms with Crippen LogP contribution in [0.3, 0.4) is 0 Å². The molecule has 318 valence electrons. The molecule has 0 radical (unpaired) electrons. The molecule has 0 saturated heterocycles. The number of ether oxygens (including phenoxy) is 2. The highest BCUT2D eigenvalue weighted by Gasteiger charge is 2.26. The van der Waals surface area contributed by atoms with Gasteiger partial charge in [-0.15, -0.1) is 0 Å². The van der Waals surface area contributed by atoms with Crippen LogP contribution in [0.1, 0.15) is 155 Å². The Morgan fingerprint density at radius 2 is 1.02 bits per heavy atom.